The van der Waals surface area contributed by atoms with Gasteiger partial charge in [0, 0.05) is 14.0 Å². The number of nitrogens with one attached hydrogen (secondary N) is 2. The Hall–Kier alpha value is -3.20. The van der Waals surface area contributed by atoms with Gasteiger partial charge < -0.3 is 15.7 Å². The van der Waals surface area contributed by atoms with Gasteiger partial charge in [0.2, 0.25) is 11.8 Å². The molecule has 2 amide bonds. The molecule has 154 valence electrons. The molecule has 1 aromatic heterocycles. The molecule has 9 nitrogen and oxygen atoms in total. The summed E-state index contributed by atoms with van der Waals surface area (Å²) in [6, 6.07) is 7.59. The molecule has 3 N–H and O–H groups in total. The van der Waals surface area contributed by atoms with Crippen LogP contribution in [0.4, 0.5) is 5.69 Å². The van der Waals surface area contributed by atoms with Gasteiger partial charge in [-0.3, -0.25) is 24.0 Å². The molecular formula is C20H25N5O4. The first-order valence-electron chi connectivity index (χ1n) is 9.37. The molecule has 1 aliphatic rings. The average molecular weight is 399 g/mol. The van der Waals surface area contributed by atoms with Crippen LogP contribution in [0.15, 0.2) is 36.5 Å². The van der Waals surface area contributed by atoms with Gasteiger partial charge in [-0.1, -0.05) is 30.3 Å². The molecule has 1 saturated heterocycles. The maximum absolute atomic E-state index is 12.7. The summed E-state index contributed by atoms with van der Waals surface area (Å²) in [7, 11) is 1.77. The van der Waals surface area contributed by atoms with E-state index in [-0.39, 0.29) is 24.8 Å². The van der Waals surface area contributed by atoms with E-state index in [0.29, 0.717) is 5.69 Å². The smallest absolute Gasteiger partial charge is 0.321 e. The van der Waals surface area contributed by atoms with E-state index < -0.39 is 24.1 Å². The van der Waals surface area contributed by atoms with Crippen molar-refractivity contribution in [1.29, 1.82) is 0 Å². The van der Waals surface area contributed by atoms with E-state index in [0.717, 1.165) is 11.3 Å². The minimum Gasteiger partial charge on any atom is -0.480 e. The summed E-state index contributed by atoms with van der Waals surface area (Å²) in [5.41, 5.74) is 2.23. The first-order valence-corrected chi connectivity index (χ1v) is 9.37. The zero-order valence-corrected chi connectivity index (χ0v) is 16.6. The molecule has 0 unspecified atom stereocenters. The van der Waals surface area contributed by atoms with Crippen molar-refractivity contribution in [3.8, 4) is 0 Å². The number of aryl methyl sites for hydroxylation is 1. The molecule has 2 heterocycles. The number of carboxylic acid groups (broad SMARTS) is 1. The lowest BCUT2D eigenvalue weighted by Gasteiger charge is -2.30. The van der Waals surface area contributed by atoms with Crippen LogP contribution in [0.1, 0.15) is 30.6 Å². The molecule has 9 heteroatoms. The third kappa shape index (κ3) is 4.45. The number of amides is 2. The second kappa shape index (κ2) is 8.44. The van der Waals surface area contributed by atoms with Gasteiger partial charge in [0.25, 0.3) is 0 Å². The first kappa shape index (κ1) is 20.5. The highest BCUT2D eigenvalue weighted by Gasteiger charge is 2.46. The van der Waals surface area contributed by atoms with Crippen LogP contribution in [0.25, 0.3) is 0 Å². The number of rotatable bonds is 6. The monoisotopic (exact) mass is 399 g/mol. The van der Waals surface area contributed by atoms with Gasteiger partial charge in [-0.05, 0) is 18.9 Å². The van der Waals surface area contributed by atoms with Crippen LogP contribution >= 0.6 is 0 Å². The Bertz CT molecular complexity index is 911. The van der Waals surface area contributed by atoms with Gasteiger partial charge in [-0.2, -0.15) is 5.10 Å². The van der Waals surface area contributed by atoms with Crippen LogP contribution in [0, 0.1) is 6.92 Å². The Morgan fingerprint density at radius 1 is 1.24 bits per heavy atom. The van der Waals surface area contributed by atoms with Crippen LogP contribution in [-0.2, 0) is 21.4 Å². The molecular weight excluding hydrogens is 374 g/mol. The van der Waals surface area contributed by atoms with E-state index in [1.165, 1.54) is 6.92 Å². The summed E-state index contributed by atoms with van der Waals surface area (Å²) in [6.07, 6.45) is 1.77. The van der Waals surface area contributed by atoms with Gasteiger partial charge >= 0.3 is 5.97 Å². The van der Waals surface area contributed by atoms with Crippen LogP contribution in [0.5, 0.6) is 0 Å². The fraction of sp³-hybridized carbons (Fsp3) is 0.400. The van der Waals surface area contributed by atoms with E-state index in [4.69, 9.17) is 0 Å². The third-order valence-corrected chi connectivity index (χ3v) is 5.27. The second-order valence-corrected chi connectivity index (χ2v) is 7.24. The molecule has 1 fully saturated rings. The summed E-state index contributed by atoms with van der Waals surface area (Å²) in [5, 5.41) is 19.5. The molecule has 0 radical (unpaired) electrons. The van der Waals surface area contributed by atoms with Crippen molar-refractivity contribution in [3.05, 3.63) is 47.8 Å². The summed E-state index contributed by atoms with van der Waals surface area (Å²) in [6.45, 7) is 3.11. The molecule has 29 heavy (non-hydrogen) atoms. The van der Waals surface area contributed by atoms with E-state index in [9.17, 15) is 19.5 Å². The van der Waals surface area contributed by atoms with E-state index >= 15 is 0 Å². The van der Waals surface area contributed by atoms with E-state index in [1.54, 1.807) is 22.8 Å². The zero-order chi connectivity index (χ0) is 21.1. The van der Waals surface area contributed by atoms with Crippen molar-refractivity contribution in [2.24, 2.45) is 7.05 Å². The number of benzene rings is 1. The maximum atomic E-state index is 12.7. The zero-order valence-electron chi connectivity index (χ0n) is 16.6. The minimum atomic E-state index is -1.02. The number of carboxylic acids is 1. The number of likely N-dealkylation sites (tertiary alicyclic amines) is 1. The highest BCUT2D eigenvalue weighted by Crippen LogP contribution is 2.36. The summed E-state index contributed by atoms with van der Waals surface area (Å²) >= 11 is 0. The Labute approximate surface area is 168 Å². The molecule has 0 spiro atoms. The highest BCUT2D eigenvalue weighted by molar-refractivity contribution is 5.93. The molecule has 1 aliphatic heterocycles. The molecule has 3 atom stereocenters. The maximum Gasteiger partial charge on any atom is 0.321 e. The molecule has 2 aromatic rings. The quantitative estimate of drug-likeness (QED) is 0.669. The SMILES string of the molecule is CC(=O)N[C@H]1C[C@@H](C(=O)O)N(CC(=O)Nc2cnn(C)c2C)[C@H]1c1ccccc1. The molecule has 1 aromatic carbocycles. The van der Waals surface area contributed by atoms with Crippen molar-refractivity contribution < 1.29 is 19.5 Å². The Morgan fingerprint density at radius 3 is 2.48 bits per heavy atom. The first-order chi connectivity index (χ1) is 13.8. The van der Waals surface area contributed by atoms with Crippen molar-refractivity contribution in [2.45, 2.75) is 38.4 Å². The number of aliphatic carboxylic acids is 1. The predicted octanol–water partition coefficient (Wildman–Crippen LogP) is 1.07. The van der Waals surface area contributed by atoms with E-state index in [1.807, 2.05) is 37.3 Å². The number of carbonyl (C=O) groups is 3. The standard InChI is InChI=1S/C20H25N5O4/c1-12-16(10-21-24(12)3)23-18(27)11-25-17(20(28)29)9-15(22-13(2)26)19(25)14-7-5-4-6-8-14/h4-8,10,15,17,19H,9,11H2,1-3H3,(H,22,26)(H,23,27)(H,28,29)/t15-,17-,19-/m0/s1. The molecule has 0 aliphatic carbocycles. The predicted molar refractivity (Wildman–Crippen MR) is 106 cm³/mol. The normalized spacial score (nSPS) is 21.7. The lowest BCUT2D eigenvalue weighted by molar-refractivity contribution is -0.143. The Morgan fingerprint density at radius 2 is 1.93 bits per heavy atom. The third-order valence-electron chi connectivity index (χ3n) is 5.27. The van der Waals surface area contributed by atoms with Crippen LogP contribution in [-0.4, -0.2) is 56.2 Å². The van der Waals surface area contributed by atoms with Gasteiger partial charge in [0.05, 0.1) is 36.2 Å². The second-order valence-electron chi connectivity index (χ2n) is 7.24. The fourth-order valence-electron chi connectivity index (χ4n) is 3.83. The van der Waals surface area contributed by atoms with Gasteiger partial charge in [0.15, 0.2) is 0 Å². The highest BCUT2D eigenvalue weighted by atomic mass is 16.4. The summed E-state index contributed by atoms with van der Waals surface area (Å²) in [5.74, 6) is -1.60. The van der Waals surface area contributed by atoms with Gasteiger partial charge in [-0.25, -0.2) is 0 Å². The van der Waals surface area contributed by atoms with Crippen LogP contribution < -0.4 is 10.6 Å². The van der Waals surface area contributed by atoms with Crippen molar-refractivity contribution in [2.75, 3.05) is 11.9 Å². The Kier molecular flexibility index (Phi) is 5.97. The number of nitrogens with zero attached hydrogens (tertiary/aromatic N) is 3. The van der Waals surface area contributed by atoms with Gasteiger partial charge in [0.1, 0.15) is 6.04 Å². The lowest BCUT2D eigenvalue weighted by Crippen LogP contribution is -2.44. The van der Waals surface area contributed by atoms with Crippen molar-refractivity contribution in [3.63, 3.8) is 0 Å². The number of hydrogen-bond donors (Lipinski definition) is 3. The number of hydrogen-bond acceptors (Lipinski definition) is 5. The van der Waals surface area contributed by atoms with Crippen LogP contribution in [0.3, 0.4) is 0 Å². The topological polar surface area (TPSA) is 117 Å². The van der Waals surface area contributed by atoms with Crippen molar-refractivity contribution >= 4 is 23.5 Å². The molecule has 0 bridgehead atoms. The van der Waals surface area contributed by atoms with Crippen molar-refractivity contribution in [1.82, 2.24) is 20.0 Å². The van der Waals surface area contributed by atoms with Crippen LogP contribution in [0.2, 0.25) is 0 Å². The number of carbonyl (C=O) groups excluding carboxylic acids is 2. The Balaban J connectivity index is 1.88. The lowest BCUT2D eigenvalue weighted by atomic mass is 9.99. The fourth-order valence-corrected chi connectivity index (χ4v) is 3.83. The molecule has 0 saturated carbocycles. The van der Waals surface area contributed by atoms with E-state index in [2.05, 4.69) is 15.7 Å². The molecule has 3 rings (SSSR count). The van der Waals surface area contributed by atoms with Gasteiger partial charge in [-0.15, -0.1) is 0 Å². The largest absolute Gasteiger partial charge is 0.480 e. The number of anilines is 1. The summed E-state index contributed by atoms with van der Waals surface area (Å²) < 4.78 is 1.64. The average Bonchev–Trinajstić information content (AvgIpc) is 3.17. The summed E-state index contributed by atoms with van der Waals surface area (Å²) in [4.78, 5) is 38.0. The minimum absolute atomic E-state index is 0.124. The number of aromatic nitrogens is 2.